The fraction of sp³-hybridized carbons (Fsp3) is 0.381. The van der Waals surface area contributed by atoms with Crippen LogP contribution in [-0.2, 0) is 11.3 Å². The highest BCUT2D eigenvalue weighted by molar-refractivity contribution is 5.80. The maximum absolute atomic E-state index is 13.2. The first kappa shape index (κ1) is 19.8. The first-order valence-corrected chi connectivity index (χ1v) is 9.43. The van der Waals surface area contributed by atoms with Gasteiger partial charge in [0, 0.05) is 23.5 Å². The molecule has 28 heavy (non-hydrogen) atoms. The van der Waals surface area contributed by atoms with Gasteiger partial charge in [0.1, 0.15) is 11.9 Å². The van der Waals surface area contributed by atoms with E-state index in [1.165, 1.54) is 12.1 Å². The van der Waals surface area contributed by atoms with E-state index in [1.54, 1.807) is 21.5 Å². The lowest BCUT2D eigenvalue weighted by atomic mass is 10.1. The van der Waals surface area contributed by atoms with E-state index in [1.807, 2.05) is 40.7 Å². The Morgan fingerprint density at radius 2 is 1.82 bits per heavy atom. The Morgan fingerprint density at radius 1 is 1.14 bits per heavy atom. The third-order valence-corrected chi connectivity index (χ3v) is 4.98. The van der Waals surface area contributed by atoms with E-state index in [-0.39, 0.29) is 17.8 Å². The Bertz CT molecular complexity index is 987. The second kappa shape index (κ2) is 7.96. The van der Waals surface area contributed by atoms with Crippen molar-refractivity contribution >= 4 is 5.91 Å². The highest BCUT2D eigenvalue weighted by Crippen LogP contribution is 2.19. The molecule has 0 saturated heterocycles. The number of aryl methyl sites for hydroxylation is 3. The molecule has 148 valence electrons. The summed E-state index contributed by atoms with van der Waals surface area (Å²) in [6, 6.07) is 7.82. The van der Waals surface area contributed by atoms with Crippen LogP contribution in [0.25, 0.3) is 5.69 Å². The Hall–Kier alpha value is -2.96. The summed E-state index contributed by atoms with van der Waals surface area (Å²) in [6.07, 6.45) is 0.653. The number of hydrogen-bond acceptors (Lipinski definition) is 3. The van der Waals surface area contributed by atoms with Crippen molar-refractivity contribution in [2.45, 2.75) is 53.6 Å². The number of nitrogens with one attached hydrogen (secondary N) is 1. The molecule has 1 amide bonds. The third-order valence-electron chi connectivity index (χ3n) is 4.98. The van der Waals surface area contributed by atoms with Crippen molar-refractivity contribution in [3.05, 3.63) is 64.5 Å². The number of aromatic nitrogens is 4. The van der Waals surface area contributed by atoms with Gasteiger partial charge in [-0.25, -0.2) is 9.07 Å². The van der Waals surface area contributed by atoms with Gasteiger partial charge >= 0.3 is 0 Å². The predicted molar refractivity (Wildman–Crippen MR) is 106 cm³/mol. The molecule has 0 radical (unpaired) electrons. The van der Waals surface area contributed by atoms with E-state index in [9.17, 15) is 9.18 Å². The molecule has 2 aromatic heterocycles. The second-order valence-electron chi connectivity index (χ2n) is 7.05. The lowest BCUT2D eigenvalue weighted by Gasteiger charge is -2.17. The molecule has 0 aliphatic rings. The number of amides is 1. The maximum Gasteiger partial charge on any atom is 0.245 e. The van der Waals surface area contributed by atoms with Crippen molar-refractivity contribution in [3.8, 4) is 5.69 Å². The largest absolute Gasteiger partial charge is 0.350 e. The average molecular weight is 383 g/mol. The zero-order valence-electron chi connectivity index (χ0n) is 17.0. The van der Waals surface area contributed by atoms with Crippen LogP contribution in [0, 0.1) is 33.5 Å². The molecule has 0 aliphatic heterocycles. The fourth-order valence-electron chi connectivity index (χ4n) is 3.49. The van der Waals surface area contributed by atoms with Crippen LogP contribution in [0.5, 0.6) is 0 Å². The van der Waals surface area contributed by atoms with Gasteiger partial charge in [-0.1, -0.05) is 6.92 Å². The molecule has 7 heteroatoms. The average Bonchev–Trinajstić information content (AvgIpc) is 3.13. The minimum absolute atomic E-state index is 0.0676. The molecule has 3 aromatic rings. The van der Waals surface area contributed by atoms with Gasteiger partial charge < -0.3 is 5.32 Å². The molecule has 6 nitrogen and oxygen atoms in total. The lowest BCUT2D eigenvalue weighted by molar-refractivity contribution is -0.124. The van der Waals surface area contributed by atoms with Crippen molar-refractivity contribution < 1.29 is 9.18 Å². The van der Waals surface area contributed by atoms with E-state index in [0.717, 1.165) is 34.0 Å². The summed E-state index contributed by atoms with van der Waals surface area (Å²) in [4.78, 5) is 12.8. The maximum atomic E-state index is 13.2. The number of halogens is 1. The number of benzene rings is 1. The summed E-state index contributed by atoms with van der Waals surface area (Å²) in [6.45, 7) is 10.1. The summed E-state index contributed by atoms with van der Waals surface area (Å²) in [7, 11) is 0. The Balaban J connectivity index is 1.78. The minimum atomic E-state index is -0.346. The second-order valence-corrected chi connectivity index (χ2v) is 7.05. The van der Waals surface area contributed by atoms with Gasteiger partial charge in [-0.05, 0) is 64.4 Å². The Labute approximate surface area is 164 Å². The van der Waals surface area contributed by atoms with Crippen LogP contribution in [0.3, 0.4) is 0 Å². The van der Waals surface area contributed by atoms with E-state index < -0.39 is 0 Å². The number of hydrogen-bond donors (Lipinski definition) is 1. The molecule has 0 unspecified atom stereocenters. The smallest absolute Gasteiger partial charge is 0.245 e. The van der Waals surface area contributed by atoms with Crippen LogP contribution in [0.2, 0.25) is 0 Å². The first-order valence-electron chi connectivity index (χ1n) is 9.43. The Morgan fingerprint density at radius 3 is 2.39 bits per heavy atom. The molecule has 0 bridgehead atoms. The molecule has 1 aromatic carbocycles. The van der Waals surface area contributed by atoms with Crippen molar-refractivity contribution in [2.24, 2.45) is 0 Å². The Kier molecular flexibility index (Phi) is 5.63. The lowest BCUT2D eigenvalue weighted by Crippen LogP contribution is -2.33. The van der Waals surface area contributed by atoms with Crippen molar-refractivity contribution in [3.63, 3.8) is 0 Å². The van der Waals surface area contributed by atoms with Crippen molar-refractivity contribution in [1.29, 1.82) is 0 Å². The number of rotatable bonds is 6. The van der Waals surface area contributed by atoms with Gasteiger partial charge in [0.05, 0.1) is 17.1 Å². The topological polar surface area (TPSA) is 64.7 Å². The quantitative estimate of drug-likeness (QED) is 0.706. The van der Waals surface area contributed by atoms with Gasteiger partial charge in [0.2, 0.25) is 5.91 Å². The van der Waals surface area contributed by atoms with Gasteiger partial charge in [-0.2, -0.15) is 10.2 Å². The molecule has 0 saturated carbocycles. The summed E-state index contributed by atoms with van der Waals surface area (Å²) >= 11 is 0. The number of carbonyl (C=O) groups is 1. The van der Waals surface area contributed by atoms with Crippen LogP contribution in [-0.4, -0.2) is 25.5 Å². The van der Waals surface area contributed by atoms with E-state index in [2.05, 4.69) is 15.5 Å². The zero-order valence-corrected chi connectivity index (χ0v) is 17.0. The number of carbonyl (C=O) groups excluding carboxylic acids is 1. The standard InChI is InChI=1S/C21H26FN5O/c1-6-20(26-14(3)11-13(2)24-26)21(28)23-12-19-15(4)25-27(16(19)5)18-9-7-17(22)8-10-18/h7-11,20H,6,12H2,1-5H3,(H,23,28)/t20-/m1/s1. The van der Waals surface area contributed by atoms with Crippen LogP contribution < -0.4 is 5.32 Å². The summed E-state index contributed by atoms with van der Waals surface area (Å²) < 4.78 is 16.7. The van der Waals surface area contributed by atoms with E-state index in [4.69, 9.17) is 0 Å². The highest BCUT2D eigenvalue weighted by atomic mass is 19.1. The van der Waals surface area contributed by atoms with Crippen LogP contribution in [0.4, 0.5) is 4.39 Å². The summed E-state index contributed by atoms with van der Waals surface area (Å²) in [5, 5.41) is 12.0. The van der Waals surface area contributed by atoms with Crippen molar-refractivity contribution in [1.82, 2.24) is 24.9 Å². The first-order chi connectivity index (χ1) is 13.3. The molecular weight excluding hydrogens is 357 g/mol. The molecule has 2 heterocycles. The monoisotopic (exact) mass is 383 g/mol. The molecule has 0 spiro atoms. The SMILES string of the molecule is CC[C@H](C(=O)NCc1c(C)nn(-c2ccc(F)cc2)c1C)n1nc(C)cc1C. The minimum Gasteiger partial charge on any atom is -0.350 e. The summed E-state index contributed by atoms with van der Waals surface area (Å²) in [5.41, 5.74) is 5.37. The molecule has 1 atom stereocenters. The molecule has 0 fully saturated rings. The fourth-order valence-corrected chi connectivity index (χ4v) is 3.49. The van der Waals surface area contributed by atoms with Gasteiger partial charge in [-0.15, -0.1) is 0 Å². The molecule has 0 aliphatic carbocycles. The van der Waals surface area contributed by atoms with Gasteiger partial charge in [0.15, 0.2) is 0 Å². The van der Waals surface area contributed by atoms with Crippen LogP contribution in [0.1, 0.15) is 47.7 Å². The van der Waals surface area contributed by atoms with Crippen LogP contribution in [0.15, 0.2) is 30.3 Å². The molecular formula is C21H26FN5O. The van der Waals surface area contributed by atoms with Crippen LogP contribution >= 0.6 is 0 Å². The number of nitrogens with zero attached hydrogens (tertiary/aromatic N) is 4. The van der Waals surface area contributed by atoms with E-state index >= 15 is 0 Å². The molecule has 3 rings (SSSR count). The highest BCUT2D eigenvalue weighted by Gasteiger charge is 2.22. The predicted octanol–water partition coefficient (Wildman–Crippen LogP) is 3.71. The van der Waals surface area contributed by atoms with Gasteiger partial charge in [0.25, 0.3) is 0 Å². The normalized spacial score (nSPS) is 12.2. The van der Waals surface area contributed by atoms with Gasteiger partial charge in [-0.3, -0.25) is 9.48 Å². The van der Waals surface area contributed by atoms with Crippen molar-refractivity contribution in [2.75, 3.05) is 0 Å². The zero-order chi connectivity index (χ0) is 20.4. The van der Waals surface area contributed by atoms with E-state index in [0.29, 0.717) is 13.0 Å². The molecule has 1 N–H and O–H groups in total. The summed E-state index contributed by atoms with van der Waals surface area (Å²) in [5.74, 6) is -0.352. The third kappa shape index (κ3) is 3.83.